The number of aromatic nitrogens is 1. The van der Waals surface area contributed by atoms with Crippen LogP contribution in [0.15, 0.2) is 4.52 Å². The van der Waals surface area contributed by atoms with Gasteiger partial charge in [0, 0.05) is 51.0 Å². The first-order chi connectivity index (χ1) is 11.2. The van der Waals surface area contributed by atoms with Crippen LogP contribution in [-0.4, -0.2) is 72.6 Å². The third-order valence-electron chi connectivity index (χ3n) is 5.69. The van der Waals surface area contributed by atoms with Crippen molar-refractivity contribution in [3.05, 3.63) is 17.0 Å². The molecule has 6 heteroatoms. The summed E-state index contributed by atoms with van der Waals surface area (Å²) < 4.78 is 16.9. The van der Waals surface area contributed by atoms with Gasteiger partial charge in [-0.25, -0.2) is 0 Å². The highest BCUT2D eigenvalue weighted by Gasteiger charge is 2.42. The summed E-state index contributed by atoms with van der Waals surface area (Å²) in [6.07, 6.45) is 2.65. The van der Waals surface area contributed by atoms with Gasteiger partial charge in [0.25, 0.3) is 0 Å². The molecule has 1 aromatic rings. The SMILES string of the molecule is Cc1noc(C)c1CN1CCO[C@H]2CN(C3CCOCC3)C[C@H]21. The van der Waals surface area contributed by atoms with E-state index in [-0.39, 0.29) is 0 Å². The van der Waals surface area contributed by atoms with Crippen LogP contribution in [0.3, 0.4) is 0 Å². The van der Waals surface area contributed by atoms with E-state index in [4.69, 9.17) is 14.0 Å². The highest BCUT2D eigenvalue weighted by Crippen LogP contribution is 2.29. The van der Waals surface area contributed by atoms with Gasteiger partial charge in [0.05, 0.1) is 24.4 Å². The van der Waals surface area contributed by atoms with E-state index in [1.165, 1.54) is 5.56 Å². The Hall–Kier alpha value is -0.950. The van der Waals surface area contributed by atoms with Gasteiger partial charge in [-0.1, -0.05) is 5.16 Å². The van der Waals surface area contributed by atoms with Gasteiger partial charge in [0.15, 0.2) is 0 Å². The maximum atomic E-state index is 6.08. The summed E-state index contributed by atoms with van der Waals surface area (Å²) >= 11 is 0. The summed E-state index contributed by atoms with van der Waals surface area (Å²) in [6.45, 7) is 10.8. The van der Waals surface area contributed by atoms with Crippen LogP contribution in [-0.2, 0) is 16.0 Å². The Labute approximate surface area is 137 Å². The predicted molar refractivity (Wildman–Crippen MR) is 85.3 cm³/mol. The normalized spacial score (nSPS) is 30.7. The molecule has 0 amide bonds. The molecule has 0 radical (unpaired) electrons. The fraction of sp³-hybridized carbons (Fsp3) is 0.824. The van der Waals surface area contributed by atoms with Crippen LogP contribution in [0.1, 0.15) is 29.9 Å². The summed E-state index contributed by atoms with van der Waals surface area (Å²) in [7, 11) is 0. The average molecular weight is 321 g/mol. The van der Waals surface area contributed by atoms with Gasteiger partial charge < -0.3 is 14.0 Å². The summed E-state index contributed by atoms with van der Waals surface area (Å²) in [5.41, 5.74) is 2.26. The number of fused-ring (bicyclic) bond motifs is 1. The second kappa shape index (κ2) is 6.51. The summed E-state index contributed by atoms with van der Waals surface area (Å²) in [4.78, 5) is 5.20. The molecule has 3 aliphatic rings. The Kier molecular flexibility index (Phi) is 4.41. The Morgan fingerprint density at radius 3 is 2.70 bits per heavy atom. The van der Waals surface area contributed by atoms with Crippen LogP contribution in [0.5, 0.6) is 0 Å². The van der Waals surface area contributed by atoms with Crippen molar-refractivity contribution in [2.75, 3.05) is 39.5 Å². The van der Waals surface area contributed by atoms with Crippen molar-refractivity contribution in [3.63, 3.8) is 0 Å². The number of ether oxygens (including phenoxy) is 2. The highest BCUT2D eigenvalue weighted by atomic mass is 16.5. The Balaban J connectivity index is 1.45. The molecule has 0 spiro atoms. The minimum atomic E-state index is 0.340. The lowest BCUT2D eigenvalue weighted by Crippen LogP contribution is -2.50. The second-order valence-corrected chi connectivity index (χ2v) is 7.05. The monoisotopic (exact) mass is 321 g/mol. The molecule has 3 aliphatic heterocycles. The largest absolute Gasteiger partial charge is 0.381 e. The topological polar surface area (TPSA) is 51.0 Å². The highest BCUT2D eigenvalue weighted by molar-refractivity contribution is 5.21. The number of hydrogen-bond acceptors (Lipinski definition) is 6. The number of hydrogen-bond donors (Lipinski definition) is 0. The molecular formula is C17H27N3O3. The van der Waals surface area contributed by atoms with Gasteiger partial charge >= 0.3 is 0 Å². The second-order valence-electron chi connectivity index (χ2n) is 7.05. The van der Waals surface area contributed by atoms with Crippen LogP contribution in [0.2, 0.25) is 0 Å². The number of aryl methyl sites for hydroxylation is 2. The predicted octanol–water partition coefficient (Wildman–Crippen LogP) is 1.36. The number of rotatable bonds is 3. The summed E-state index contributed by atoms with van der Waals surface area (Å²) in [5.74, 6) is 0.949. The zero-order chi connectivity index (χ0) is 15.8. The van der Waals surface area contributed by atoms with Crippen molar-refractivity contribution >= 4 is 0 Å². The molecule has 3 fully saturated rings. The quantitative estimate of drug-likeness (QED) is 0.838. The molecule has 128 valence electrons. The van der Waals surface area contributed by atoms with Gasteiger partial charge in [-0.05, 0) is 26.7 Å². The lowest BCUT2D eigenvalue weighted by molar-refractivity contribution is -0.0509. The van der Waals surface area contributed by atoms with Crippen LogP contribution in [0.25, 0.3) is 0 Å². The molecule has 23 heavy (non-hydrogen) atoms. The molecule has 0 N–H and O–H groups in total. The maximum Gasteiger partial charge on any atom is 0.138 e. The van der Waals surface area contributed by atoms with E-state index in [1.807, 2.05) is 13.8 Å². The minimum Gasteiger partial charge on any atom is -0.381 e. The first-order valence-electron chi connectivity index (χ1n) is 8.81. The summed E-state index contributed by atoms with van der Waals surface area (Å²) in [5, 5.41) is 4.10. The molecular weight excluding hydrogens is 294 g/mol. The molecule has 0 bridgehead atoms. The molecule has 4 rings (SSSR count). The maximum absolute atomic E-state index is 6.08. The molecule has 0 unspecified atom stereocenters. The van der Waals surface area contributed by atoms with Crippen molar-refractivity contribution in [2.45, 2.75) is 51.4 Å². The van der Waals surface area contributed by atoms with E-state index >= 15 is 0 Å². The fourth-order valence-electron chi connectivity index (χ4n) is 4.26. The molecule has 0 aromatic carbocycles. The summed E-state index contributed by atoms with van der Waals surface area (Å²) in [6, 6.07) is 1.15. The van der Waals surface area contributed by atoms with Gasteiger partial charge in [-0.15, -0.1) is 0 Å². The van der Waals surface area contributed by atoms with Crippen LogP contribution in [0, 0.1) is 13.8 Å². The Morgan fingerprint density at radius 2 is 1.96 bits per heavy atom. The molecule has 0 saturated carbocycles. The van der Waals surface area contributed by atoms with Crippen LogP contribution < -0.4 is 0 Å². The van der Waals surface area contributed by atoms with Crippen LogP contribution in [0.4, 0.5) is 0 Å². The average Bonchev–Trinajstić information content (AvgIpc) is 3.15. The van der Waals surface area contributed by atoms with Gasteiger partial charge in [-0.3, -0.25) is 9.80 Å². The molecule has 2 atom stereocenters. The van der Waals surface area contributed by atoms with E-state index in [0.29, 0.717) is 18.2 Å². The van der Waals surface area contributed by atoms with E-state index in [9.17, 15) is 0 Å². The van der Waals surface area contributed by atoms with Gasteiger partial charge in [0.2, 0.25) is 0 Å². The van der Waals surface area contributed by atoms with Crippen molar-refractivity contribution < 1.29 is 14.0 Å². The third kappa shape index (κ3) is 3.05. The van der Waals surface area contributed by atoms with Gasteiger partial charge in [-0.2, -0.15) is 0 Å². The third-order valence-corrected chi connectivity index (χ3v) is 5.69. The molecule has 1 aromatic heterocycles. The van der Waals surface area contributed by atoms with E-state index in [0.717, 1.165) is 70.3 Å². The van der Waals surface area contributed by atoms with Crippen LogP contribution >= 0.6 is 0 Å². The zero-order valence-electron chi connectivity index (χ0n) is 14.2. The molecule has 6 nitrogen and oxygen atoms in total. The standard InChI is InChI=1S/C17H27N3O3/c1-12-15(13(2)23-18-12)9-19-5-8-22-17-11-20(10-16(17)19)14-3-6-21-7-4-14/h14,16-17H,3-11H2,1-2H3/t16-,17+/m1/s1. The molecule has 3 saturated heterocycles. The minimum absolute atomic E-state index is 0.340. The number of likely N-dealkylation sites (tertiary alicyclic amines) is 1. The van der Waals surface area contributed by atoms with Gasteiger partial charge in [0.1, 0.15) is 5.76 Å². The van der Waals surface area contributed by atoms with Crippen molar-refractivity contribution in [3.8, 4) is 0 Å². The lowest BCUT2D eigenvalue weighted by Gasteiger charge is -2.37. The fourth-order valence-corrected chi connectivity index (χ4v) is 4.26. The first kappa shape index (κ1) is 15.6. The van der Waals surface area contributed by atoms with E-state index in [2.05, 4.69) is 15.0 Å². The Bertz CT molecular complexity index is 522. The lowest BCUT2D eigenvalue weighted by atomic mass is 10.1. The van der Waals surface area contributed by atoms with Crippen molar-refractivity contribution in [2.24, 2.45) is 0 Å². The number of nitrogens with zero attached hydrogens (tertiary/aromatic N) is 3. The Morgan fingerprint density at radius 1 is 1.13 bits per heavy atom. The van der Waals surface area contributed by atoms with Crippen molar-refractivity contribution in [1.29, 1.82) is 0 Å². The van der Waals surface area contributed by atoms with E-state index < -0.39 is 0 Å². The number of morpholine rings is 1. The first-order valence-corrected chi connectivity index (χ1v) is 8.81. The van der Waals surface area contributed by atoms with Crippen molar-refractivity contribution in [1.82, 2.24) is 15.0 Å². The van der Waals surface area contributed by atoms with E-state index in [1.54, 1.807) is 0 Å². The zero-order valence-corrected chi connectivity index (χ0v) is 14.2. The molecule has 0 aliphatic carbocycles. The molecule has 4 heterocycles. The smallest absolute Gasteiger partial charge is 0.138 e.